The summed E-state index contributed by atoms with van der Waals surface area (Å²) in [5.74, 6) is 1.02. The molecule has 12 heteroatoms. The molecule has 0 atom stereocenters. The van der Waals surface area contributed by atoms with Crippen molar-refractivity contribution < 1.29 is 14.3 Å². The number of tetrazole rings is 1. The molecule has 1 aliphatic carbocycles. The maximum absolute atomic E-state index is 12.7. The van der Waals surface area contributed by atoms with E-state index >= 15 is 0 Å². The van der Waals surface area contributed by atoms with Gasteiger partial charge in [-0.25, -0.2) is 0 Å². The van der Waals surface area contributed by atoms with Crippen LogP contribution in [0.15, 0.2) is 35.5 Å². The zero-order chi connectivity index (χ0) is 24.2. The first kappa shape index (κ1) is 23.5. The molecular weight excluding hydrogens is 456 g/mol. The highest BCUT2D eigenvalue weighted by atomic mass is 32.2. The maximum Gasteiger partial charge on any atom is 0.254 e. The van der Waals surface area contributed by atoms with Crippen molar-refractivity contribution in [1.82, 2.24) is 30.1 Å². The third kappa shape index (κ3) is 4.96. The Hall–Kier alpha value is -3.67. The molecule has 0 radical (unpaired) electrons. The number of nitrogens with one attached hydrogen (secondary N) is 2. The van der Waals surface area contributed by atoms with E-state index in [2.05, 4.69) is 31.0 Å². The minimum Gasteiger partial charge on any atom is -0.494 e. The van der Waals surface area contributed by atoms with Gasteiger partial charge in [0.05, 0.1) is 42.5 Å². The molecule has 2 aromatic heterocycles. The Balaban J connectivity index is 1.83. The molecule has 1 fully saturated rings. The predicted octanol–water partition coefficient (Wildman–Crippen LogP) is 1.95. The fourth-order valence-electron chi connectivity index (χ4n) is 3.44. The van der Waals surface area contributed by atoms with Crippen LogP contribution in [-0.4, -0.2) is 57.0 Å². The second-order valence-electron chi connectivity index (χ2n) is 7.76. The molecule has 1 aromatic carbocycles. The Morgan fingerprint density at radius 3 is 2.71 bits per heavy atom. The van der Waals surface area contributed by atoms with Crippen molar-refractivity contribution in [2.75, 3.05) is 25.7 Å². The van der Waals surface area contributed by atoms with E-state index < -0.39 is 0 Å². The van der Waals surface area contributed by atoms with Gasteiger partial charge < -0.3 is 19.9 Å². The van der Waals surface area contributed by atoms with E-state index in [1.165, 1.54) is 4.80 Å². The molecule has 1 aliphatic rings. The molecule has 0 bridgehead atoms. The van der Waals surface area contributed by atoms with Gasteiger partial charge in [0.2, 0.25) is 5.82 Å². The molecule has 0 unspecified atom stereocenters. The first-order valence-corrected chi connectivity index (χ1v) is 12.1. The third-order valence-electron chi connectivity index (χ3n) is 5.27. The van der Waals surface area contributed by atoms with Gasteiger partial charge in [0.15, 0.2) is 5.75 Å². The fraction of sp³-hybridized carbons (Fsp3) is 0.364. The number of pyridine rings is 1. The molecule has 0 spiro atoms. The SMILES string of the molecule is CNC(=O)c1cn(CSC)/c(=N/C(=O)C2CC2)cc1Nc1cccc(-c2nnn(C)n2)c1OC. The zero-order valence-corrected chi connectivity index (χ0v) is 20.2. The van der Waals surface area contributed by atoms with Crippen LogP contribution in [0.1, 0.15) is 23.2 Å². The number of anilines is 2. The van der Waals surface area contributed by atoms with Crippen LogP contribution < -0.4 is 20.9 Å². The van der Waals surface area contributed by atoms with E-state index in [9.17, 15) is 9.59 Å². The van der Waals surface area contributed by atoms with E-state index in [0.717, 1.165) is 12.8 Å². The lowest BCUT2D eigenvalue weighted by Gasteiger charge is -2.17. The smallest absolute Gasteiger partial charge is 0.254 e. The monoisotopic (exact) mass is 482 g/mol. The molecular formula is C22H26N8O3S. The zero-order valence-electron chi connectivity index (χ0n) is 19.4. The number of thioether (sulfide) groups is 1. The van der Waals surface area contributed by atoms with E-state index in [1.54, 1.807) is 49.8 Å². The highest BCUT2D eigenvalue weighted by Gasteiger charge is 2.29. The van der Waals surface area contributed by atoms with Gasteiger partial charge in [-0.15, -0.1) is 22.0 Å². The van der Waals surface area contributed by atoms with Crippen LogP contribution >= 0.6 is 11.8 Å². The molecule has 11 nitrogen and oxygen atoms in total. The lowest BCUT2D eigenvalue weighted by molar-refractivity contribution is -0.119. The van der Waals surface area contributed by atoms with Gasteiger partial charge in [-0.1, -0.05) is 6.07 Å². The number of rotatable bonds is 8. The summed E-state index contributed by atoms with van der Waals surface area (Å²) < 4.78 is 7.47. The molecule has 178 valence electrons. The van der Waals surface area contributed by atoms with Crippen molar-refractivity contribution in [3.8, 4) is 17.1 Å². The van der Waals surface area contributed by atoms with Gasteiger partial charge in [0, 0.05) is 25.2 Å². The largest absolute Gasteiger partial charge is 0.494 e. The Morgan fingerprint density at radius 2 is 2.09 bits per heavy atom. The molecule has 2 heterocycles. The van der Waals surface area contributed by atoms with Crippen molar-refractivity contribution in [3.05, 3.63) is 41.5 Å². The quantitative estimate of drug-likeness (QED) is 0.499. The number of carbonyl (C=O) groups excluding carboxylic acids is 2. The Kier molecular flexibility index (Phi) is 6.96. The summed E-state index contributed by atoms with van der Waals surface area (Å²) in [6.45, 7) is 0. The van der Waals surface area contributed by atoms with Crippen molar-refractivity contribution in [2.24, 2.45) is 18.0 Å². The Bertz CT molecular complexity index is 1300. The second-order valence-corrected chi connectivity index (χ2v) is 8.60. The first-order valence-electron chi connectivity index (χ1n) is 10.7. The summed E-state index contributed by atoms with van der Waals surface area (Å²) in [5.41, 5.74) is 2.61. The summed E-state index contributed by atoms with van der Waals surface area (Å²) >= 11 is 1.56. The number of aromatic nitrogens is 5. The summed E-state index contributed by atoms with van der Waals surface area (Å²) in [4.78, 5) is 30.9. The molecule has 2 N–H and O–H groups in total. The van der Waals surface area contributed by atoms with Gasteiger partial charge in [-0.2, -0.15) is 9.79 Å². The number of methoxy groups -OCH3 is 1. The lowest BCUT2D eigenvalue weighted by Crippen LogP contribution is -2.27. The highest BCUT2D eigenvalue weighted by molar-refractivity contribution is 7.97. The number of para-hydroxylation sites is 1. The molecule has 2 amide bonds. The topological polar surface area (TPSA) is 128 Å². The maximum atomic E-state index is 12.7. The molecule has 4 rings (SSSR count). The van der Waals surface area contributed by atoms with Crippen LogP contribution in [0.4, 0.5) is 11.4 Å². The summed E-state index contributed by atoms with van der Waals surface area (Å²) in [6.07, 6.45) is 5.39. The molecule has 1 saturated carbocycles. The lowest BCUT2D eigenvalue weighted by atomic mass is 10.1. The summed E-state index contributed by atoms with van der Waals surface area (Å²) in [7, 11) is 4.80. The van der Waals surface area contributed by atoms with Gasteiger partial charge in [-0.3, -0.25) is 9.59 Å². The van der Waals surface area contributed by atoms with E-state index in [4.69, 9.17) is 4.74 Å². The van der Waals surface area contributed by atoms with E-state index in [-0.39, 0.29) is 17.7 Å². The summed E-state index contributed by atoms with van der Waals surface area (Å²) in [5, 5.41) is 18.2. The summed E-state index contributed by atoms with van der Waals surface area (Å²) in [6, 6.07) is 7.19. The minimum absolute atomic E-state index is 0.00554. The Morgan fingerprint density at radius 1 is 1.29 bits per heavy atom. The molecule has 3 aromatic rings. The minimum atomic E-state index is -0.275. The molecule has 0 saturated heterocycles. The number of carbonyl (C=O) groups is 2. The van der Waals surface area contributed by atoms with Crippen molar-refractivity contribution in [1.29, 1.82) is 0 Å². The van der Waals surface area contributed by atoms with Crippen molar-refractivity contribution in [2.45, 2.75) is 18.7 Å². The van der Waals surface area contributed by atoms with Crippen molar-refractivity contribution in [3.63, 3.8) is 0 Å². The van der Waals surface area contributed by atoms with Gasteiger partial charge in [0.1, 0.15) is 5.49 Å². The third-order valence-corrected chi connectivity index (χ3v) is 5.81. The van der Waals surface area contributed by atoms with E-state index in [0.29, 0.717) is 45.4 Å². The Labute approximate surface area is 200 Å². The first-order chi connectivity index (χ1) is 16.4. The number of ether oxygens (including phenoxy) is 1. The van der Waals surface area contributed by atoms with Crippen LogP contribution in [0.3, 0.4) is 0 Å². The number of hydrogen-bond donors (Lipinski definition) is 2. The van der Waals surface area contributed by atoms with Gasteiger partial charge >= 0.3 is 0 Å². The normalized spacial score (nSPS) is 13.6. The van der Waals surface area contributed by atoms with Crippen LogP contribution in [0, 0.1) is 5.92 Å². The van der Waals surface area contributed by atoms with Crippen molar-refractivity contribution >= 4 is 35.0 Å². The number of nitrogens with zero attached hydrogens (tertiary/aromatic N) is 6. The molecule has 34 heavy (non-hydrogen) atoms. The fourth-order valence-corrected chi connectivity index (χ4v) is 3.93. The van der Waals surface area contributed by atoms with Crippen LogP contribution in [0.5, 0.6) is 5.75 Å². The average molecular weight is 483 g/mol. The highest BCUT2D eigenvalue weighted by Crippen LogP contribution is 2.36. The van der Waals surface area contributed by atoms with Gasteiger partial charge in [0.25, 0.3) is 11.8 Å². The molecule has 0 aliphatic heterocycles. The standard InChI is InChI=1S/C22H26N8O3S/c1-23-22(32)15-11-30(12-34-4)18(25-21(31)13-8-9-13)10-17(15)24-16-7-5-6-14(19(16)33-3)20-26-28-29(2)27-20/h5-7,10-11,13,24H,8-9,12H2,1-4H3,(H,23,32)/b25-18+. The van der Waals surface area contributed by atoms with Crippen LogP contribution in [0.2, 0.25) is 0 Å². The number of hydrogen-bond acceptors (Lipinski definition) is 8. The number of amides is 2. The second kappa shape index (κ2) is 10.1. The van der Waals surface area contributed by atoms with Gasteiger partial charge in [-0.05, 0) is 36.4 Å². The van der Waals surface area contributed by atoms with E-state index in [1.807, 2.05) is 24.5 Å². The predicted molar refractivity (Wildman–Crippen MR) is 129 cm³/mol. The average Bonchev–Trinajstić information content (AvgIpc) is 3.60. The number of aryl methyl sites for hydroxylation is 1. The van der Waals surface area contributed by atoms with Crippen LogP contribution in [0.25, 0.3) is 11.4 Å². The number of benzene rings is 1. The van der Waals surface area contributed by atoms with Crippen LogP contribution in [-0.2, 0) is 17.7 Å².